The van der Waals surface area contributed by atoms with Gasteiger partial charge in [0.05, 0.1) is 18.5 Å². The second kappa shape index (κ2) is 4.71. The van der Waals surface area contributed by atoms with Crippen LogP contribution in [0.25, 0.3) is 22.6 Å². The summed E-state index contributed by atoms with van der Waals surface area (Å²) < 4.78 is 7.57. The molecule has 0 unspecified atom stereocenters. The molecule has 0 spiro atoms. The Bertz CT molecular complexity index is 828. The van der Waals surface area contributed by atoms with E-state index >= 15 is 0 Å². The minimum atomic E-state index is -0.307. The van der Waals surface area contributed by atoms with E-state index in [1.807, 2.05) is 30.5 Å². The molecular formula is C14H13N5O2. The third-order valence-electron chi connectivity index (χ3n) is 3.58. The number of hydrogen-bond donors (Lipinski definition) is 2. The lowest BCUT2D eigenvalue weighted by atomic mass is 10.1. The molecule has 1 aliphatic rings. The van der Waals surface area contributed by atoms with Crippen LogP contribution in [0.2, 0.25) is 0 Å². The van der Waals surface area contributed by atoms with Gasteiger partial charge in [0.1, 0.15) is 12.4 Å². The lowest BCUT2D eigenvalue weighted by molar-refractivity contribution is 0.0821. The smallest absolute Gasteiger partial charge is 0.340 e. The molecule has 0 aliphatic carbocycles. The summed E-state index contributed by atoms with van der Waals surface area (Å²) >= 11 is 0. The van der Waals surface area contributed by atoms with E-state index in [1.54, 1.807) is 0 Å². The van der Waals surface area contributed by atoms with Crippen LogP contribution in [0.15, 0.2) is 35.3 Å². The molecule has 0 fully saturated rings. The zero-order chi connectivity index (χ0) is 14.2. The molecule has 4 rings (SSSR count). The van der Waals surface area contributed by atoms with E-state index in [-0.39, 0.29) is 5.69 Å². The fourth-order valence-electron chi connectivity index (χ4n) is 2.53. The van der Waals surface area contributed by atoms with E-state index in [9.17, 15) is 4.79 Å². The summed E-state index contributed by atoms with van der Waals surface area (Å²) in [4.78, 5) is 18.1. The Morgan fingerprint density at radius 3 is 2.76 bits per heavy atom. The second-order valence-corrected chi connectivity index (χ2v) is 4.87. The fraction of sp³-hybridized carbons (Fsp3) is 0.214. The van der Waals surface area contributed by atoms with Gasteiger partial charge in [-0.1, -0.05) is 24.3 Å². The van der Waals surface area contributed by atoms with Gasteiger partial charge in [-0.2, -0.15) is 5.10 Å². The Hall–Kier alpha value is -2.67. The van der Waals surface area contributed by atoms with Crippen molar-refractivity contribution < 1.29 is 4.74 Å². The van der Waals surface area contributed by atoms with Crippen molar-refractivity contribution in [2.75, 3.05) is 6.61 Å². The number of hydrogen-bond acceptors (Lipinski definition) is 4. The van der Waals surface area contributed by atoms with Gasteiger partial charge in [-0.05, 0) is 5.56 Å². The molecule has 0 atom stereocenters. The topological polar surface area (TPSA) is 88.6 Å². The zero-order valence-electron chi connectivity index (χ0n) is 11.2. The molecule has 21 heavy (non-hydrogen) atoms. The molecule has 0 radical (unpaired) electrons. The number of rotatable bonds is 2. The number of nitrogens with one attached hydrogen (secondary N) is 2. The highest BCUT2D eigenvalue weighted by atomic mass is 16.5. The average Bonchev–Trinajstić information content (AvgIpc) is 3.14. The molecule has 0 bridgehead atoms. The summed E-state index contributed by atoms with van der Waals surface area (Å²) in [6.45, 7) is 2.09. The van der Waals surface area contributed by atoms with Crippen molar-refractivity contribution >= 4 is 0 Å². The number of aromatic nitrogens is 5. The highest BCUT2D eigenvalue weighted by molar-refractivity contribution is 5.65. The van der Waals surface area contributed by atoms with E-state index in [0.717, 1.165) is 29.2 Å². The number of H-pyrrole nitrogens is 2. The molecular weight excluding hydrogens is 270 g/mol. The first-order valence-corrected chi connectivity index (χ1v) is 6.69. The summed E-state index contributed by atoms with van der Waals surface area (Å²) in [5.74, 6) is 1.49. The summed E-state index contributed by atoms with van der Waals surface area (Å²) in [6.07, 6.45) is 1.87. The molecule has 106 valence electrons. The average molecular weight is 283 g/mol. The van der Waals surface area contributed by atoms with Crippen molar-refractivity contribution in [2.24, 2.45) is 0 Å². The van der Waals surface area contributed by atoms with Crippen molar-refractivity contribution in [1.29, 1.82) is 0 Å². The van der Waals surface area contributed by atoms with Gasteiger partial charge in [0.15, 0.2) is 5.82 Å². The van der Waals surface area contributed by atoms with Gasteiger partial charge < -0.3 is 9.30 Å². The van der Waals surface area contributed by atoms with Crippen molar-refractivity contribution in [3.8, 4) is 22.6 Å². The minimum Gasteiger partial charge on any atom is -0.372 e. The molecule has 7 heteroatoms. The van der Waals surface area contributed by atoms with Crippen LogP contribution in [-0.2, 0) is 17.9 Å². The molecule has 3 aromatic rings. The largest absolute Gasteiger partial charge is 0.372 e. The number of nitrogens with zero attached hydrogens (tertiary/aromatic N) is 3. The van der Waals surface area contributed by atoms with Gasteiger partial charge in [-0.15, -0.1) is 0 Å². The number of aromatic amines is 2. The normalized spacial score (nSPS) is 14.1. The van der Waals surface area contributed by atoms with Gasteiger partial charge in [0.2, 0.25) is 0 Å². The van der Waals surface area contributed by atoms with Gasteiger partial charge >= 0.3 is 5.69 Å². The summed E-state index contributed by atoms with van der Waals surface area (Å²) in [7, 11) is 0. The highest BCUT2D eigenvalue weighted by Gasteiger charge is 2.15. The lowest BCUT2D eigenvalue weighted by Gasteiger charge is -2.17. The van der Waals surface area contributed by atoms with Crippen molar-refractivity contribution in [3.05, 3.63) is 46.8 Å². The number of imidazole rings is 1. The maximum Gasteiger partial charge on any atom is 0.340 e. The molecule has 3 heterocycles. The first-order chi connectivity index (χ1) is 10.3. The van der Waals surface area contributed by atoms with Crippen LogP contribution in [0, 0.1) is 0 Å². The summed E-state index contributed by atoms with van der Waals surface area (Å²) in [5.41, 5.74) is 2.71. The highest BCUT2D eigenvalue weighted by Crippen LogP contribution is 2.25. The Morgan fingerprint density at radius 2 is 2.00 bits per heavy atom. The molecule has 0 amide bonds. The Balaban J connectivity index is 1.70. The van der Waals surface area contributed by atoms with Crippen LogP contribution in [0.5, 0.6) is 0 Å². The van der Waals surface area contributed by atoms with Crippen LogP contribution >= 0.6 is 0 Å². The fourth-order valence-corrected chi connectivity index (χ4v) is 2.53. The standard InChI is InChI=1S/C14H13N5O2/c20-14-16-13(17-18-14)10-3-1-9(2-4-10)11-7-15-12-8-21-6-5-19(11)12/h1-4,7H,5-6,8H2,(H2,16,17,18,20). The summed E-state index contributed by atoms with van der Waals surface area (Å²) in [6, 6.07) is 7.87. The van der Waals surface area contributed by atoms with Gasteiger partial charge in [0.25, 0.3) is 0 Å². The van der Waals surface area contributed by atoms with Crippen molar-refractivity contribution in [3.63, 3.8) is 0 Å². The van der Waals surface area contributed by atoms with Crippen LogP contribution in [0.4, 0.5) is 0 Å². The third kappa shape index (κ3) is 2.07. The maximum atomic E-state index is 11.1. The first kappa shape index (κ1) is 12.1. The van der Waals surface area contributed by atoms with Crippen LogP contribution in [-0.4, -0.2) is 31.3 Å². The lowest BCUT2D eigenvalue weighted by Crippen LogP contribution is -2.17. The second-order valence-electron chi connectivity index (χ2n) is 4.87. The van der Waals surface area contributed by atoms with Gasteiger partial charge in [-0.25, -0.2) is 14.9 Å². The molecule has 2 aromatic heterocycles. The summed E-state index contributed by atoms with van der Waals surface area (Å²) in [5, 5.41) is 6.28. The van der Waals surface area contributed by atoms with Crippen molar-refractivity contribution in [1.82, 2.24) is 24.7 Å². The Labute approximate surface area is 119 Å². The predicted octanol–water partition coefficient (Wildman–Crippen LogP) is 1.16. The van der Waals surface area contributed by atoms with E-state index in [1.165, 1.54) is 0 Å². The molecule has 7 nitrogen and oxygen atoms in total. The van der Waals surface area contributed by atoms with E-state index < -0.39 is 0 Å². The third-order valence-corrected chi connectivity index (χ3v) is 3.58. The quantitative estimate of drug-likeness (QED) is 0.738. The number of benzene rings is 1. The number of ether oxygens (including phenoxy) is 1. The molecule has 1 aromatic carbocycles. The molecule has 0 saturated heterocycles. The Kier molecular flexibility index (Phi) is 2.71. The molecule has 2 N–H and O–H groups in total. The monoisotopic (exact) mass is 283 g/mol. The zero-order valence-corrected chi connectivity index (χ0v) is 11.2. The van der Waals surface area contributed by atoms with E-state index in [0.29, 0.717) is 19.0 Å². The Morgan fingerprint density at radius 1 is 1.19 bits per heavy atom. The van der Waals surface area contributed by atoms with E-state index in [2.05, 4.69) is 24.7 Å². The van der Waals surface area contributed by atoms with Crippen molar-refractivity contribution in [2.45, 2.75) is 13.2 Å². The van der Waals surface area contributed by atoms with Crippen LogP contribution in [0.1, 0.15) is 5.82 Å². The van der Waals surface area contributed by atoms with Crippen LogP contribution in [0.3, 0.4) is 0 Å². The molecule has 0 saturated carbocycles. The first-order valence-electron chi connectivity index (χ1n) is 6.69. The van der Waals surface area contributed by atoms with Crippen LogP contribution < -0.4 is 5.69 Å². The minimum absolute atomic E-state index is 0.307. The predicted molar refractivity (Wildman–Crippen MR) is 75.5 cm³/mol. The van der Waals surface area contributed by atoms with E-state index in [4.69, 9.17) is 4.74 Å². The van der Waals surface area contributed by atoms with Gasteiger partial charge in [-0.3, -0.25) is 4.98 Å². The molecule has 1 aliphatic heterocycles. The number of fused-ring (bicyclic) bond motifs is 1. The van der Waals surface area contributed by atoms with Gasteiger partial charge in [0, 0.05) is 12.1 Å². The maximum absolute atomic E-state index is 11.1. The SMILES string of the molecule is O=c1[nH]nc(-c2ccc(-c3cnc4n3CCOC4)cc2)[nH]1.